The van der Waals surface area contributed by atoms with Gasteiger partial charge in [-0.25, -0.2) is 4.39 Å². The zero-order valence-corrected chi connectivity index (χ0v) is 11.6. The van der Waals surface area contributed by atoms with Crippen molar-refractivity contribution in [2.75, 3.05) is 7.05 Å². The van der Waals surface area contributed by atoms with Crippen LogP contribution >= 0.6 is 15.9 Å². The van der Waals surface area contributed by atoms with E-state index >= 15 is 0 Å². The molecule has 0 amide bonds. The van der Waals surface area contributed by atoms with Crippen LogP contribution in [0.3, 0.4) is 0 Å². The van der Waals surface area contributed by atoms with Crippen LogP contribution in [0, 0.1) is 5.82 Å². The molecule has 1 aromatic rings. The van der Waals surface area contributed by atoms with E-state index in [9.17, 15) is 4.39 Å². The first-order valence-corrected chi connectivity index (χ1v) is 6.83. The van der Waals surface area contributed by atoms with E-state index in [1.165, 1.54) is 24.5 Å². The van der Waals surface area contributed by atoms with Gasteiger partial charge >= 0.3 is 0 Å². The number of halogens is 2. The van der Waals surface area contributed by atoms with E-state index in [0.29, 0.717) is 4.47 Å². The summed E-state index contributed by atoms with van der Waals surface area (Å²) in [5.41, 5.74) is 2.37. The van der Waals surface area contributed by atoms with Crippen LogP contribution in [0.4, 0.5) is 4.39 Å². The predicted molar refractivity (Wildman–Crippen MR) is 72.5 cm³/mol. The first kappa shape index (κ1) is 12.8. The summed E-state index contributed by atoms with van der Waals surface area (Å²) in [4.78, 5) is 0. The normalized spacial score (nSPS) is 17.7. The van der Waals surface area contributed by atoms with Crippen LogP contribution in [0.2, 0.25) is 0 Å². The third-order valence-corrected chi connectivity index (χ3v) is 4.11. The first-order valence-electron chi connectivity index (χ1n) is 6.04. The highest BCUT2D eigenvalue weighted by Crippen LogP contribution is 2.34. The molecule has 1 nitrogen and oxygen atoms in total. The Morgan fingerprint density at radius 2 is 2.18 bits per heavy atom. The lowest BCUT2D eigenvalue weighted by Crippen LogP contribution is -2.20. The highest BCUT2D eigenvalue weighted by Gasteiger charge is 2.19. The van der Waals surface area contributed by atoms with E-state index in [-0.39, 0.29) is 11.9 Å². The Hall–Kier alpha value is -0.670. The van der Waals surface area contributed by atoms with E-state index in [2.05, 4.69) is 27.3 Å². The molecule has 0 saturated carbocycles. The van der Waals surface area contributed by atoms with Crippen molar-refractivity contribution in [3.8, 4) is 0 Å². The van der Waals surface area contributed by atoms with E-state index in [0.717, 1.165) is 18.4 Å². The number of rotatable bonds is 3. The van der Waals surface area contributed by atoms with E-state index < -0.39 is 0 Å². The third-order valence-electron chi connectivity index (χ3n) is 3.28. The summed E-state index contributed by atoms with van der Waals surface area (Å²) in [5.74, 6) is -0.195. The highest BCUT2D eigenvalue weighted by atomic mass is 79.9. The largest absolute Gasteiger partial charge is 0.310 e. The van der Waals surface area contributed by atoms with Crippen LogP contribution in [-0.2, 0) is 0 Å². The second-order valence-corrected chi connectivity index (χ2v) is 5.18. The first-order chi connectivity index (χ1) is 8.24. The number of hydrogen-bond donors (Lipinski definition) is 1. The molecule has 1 aliphatic rings. The average Bonchev–Trinajstić information content (AvgIpc) is 2.37. The Morgan fingerprint density at radius 1 is 1.35 bits per heavy atom. The zero-order valence-electron chi connectivity index (χ0n) is 9.97. The standard InChI is InChI=1S/C14H17BrFN/c1-17-14(10-6-3-2-4-7-10)11-8-5-9-12(16)13(11)15/h5-6,8-9,14,17H,2-4,7H2,1H3. The lowest BCUT2D eigenvalue weighted by atomic mass is 9.90. The SMILES string of the molecule is CNC(C1=CCCCC1)c1cccc(F)c1Br. The zero-order chi connectivity index (χ0) is 12.3. The maximum atomic E-state index is 13.5. The summed E-state index contributed by atoms with van der Waals surface area (Å²) in [7, 11) is 1.93. The Balaban J connectivity index is 2.34. The van der Waals surface area contributed by atoms with Gasteiger partial charge in [0.2, 0.25) is 0 Å². The minimum absolute atomic E-state index is 0.125. The Kier molecular flexibility index (Phi) is 4.35. The number of nitrogens with one attached hydrogen (secondary N) is 1. The maximum absolute atomic E-state index is 13.5. The highest BCUT2D eigenvalue weighted by molar-refractivity contribution is 9.10. The van der Waals surface area contributed by atoms with Crippen molar-refractivity contribution in [1.82, 2.24) is 5.32 Å². The fraction of sp³-hybridized carbons (Fsp3) is 0.429. The van der Waals surface area contributed by atoms with Crippen LogP contribution in [0.1, 0.15) is 37.3 Å². The molecule has 92 valence electrons. The maximum Gasteiger partial charge on any atom is 0.137 e. The van der Waals surface area contributed by atoms with Gasteiger partial charge in [0.15, 0.2) is 0 Å². The van der Waals surface area contributed by atoms with Crippen LogP contribution in [-0.4, -0.2) is 7.05 Å². The van der Waals surface area contributed by atoms with Gasteiger partial charge in [0.25, 0.3) is 0 Å². The molecule has 0 saturated heterocycles. The minimum atomic E-state index is -0.195. The van der Waals surface area contributed by atoms with Crippen molar-refractivity contribution < 1.29 is 4.39 Å². The predicted octanol–water partition coefficient (Wildman–Crippen LogP) is 4.35. The Morgan fingerprint density at radius 3 is 2.82 bits per heavy atom. The van der Waals surface area contributed by atoms with Gasteiger partial charge in [-0.1, -0.05) is 23.8 Å². The second kappa shape index (κ2) is 5.78. The van der Waals surface area contributed by atoms with Crippen molar-refractivity contribution in [3.05, 3.63) is 45.7 Å². The average molecular weight is 298 g/mol. The molecule has 17 heavy (non-hydrogen) atoms. The molecule has 0 aliphatic heterocycles. The van der Waals surface area contributed by atoms with E-state index in [4.69, 9.17) is 0 Å². The molecule has 0 spiro atoms. The Bertz CT molecular complexity index is 428. The molecule has 0 fully saturated rings. The molecule has 1 unspecified atom stereocenters. The Labute approximate surface area is 110 Å². The van der Waals surface area contributed by atoms with Gasteiger partial charge in [-0.05, 0) is 60.3 Å². The molecular formula is C14H17BrFN. The lowest BCUT2D eigenvalue weighted by Gasteiger charge is -2.24. The number of likely N-dealkylation sites (N-methyl/N-ethyl adjacent to an activating group) is 1. The van der Waals surface area contributed by atoms with Crippen molar-refractivity contribution in [2.45, 2.75) is 31.7 Å². The summed E-state index contributed by atoms with van der Waals surface area (Å²) < 4.78 is 14.1. The van der Waals surface area contributed by atoms with Crippen molar-refractivity contribution >= 4 is 15.9 Å². The van der Waals surface area contributed by atoms with E-state index in [1.807, 2.05) is 13.1 Å². The molecule has 1 aliphatic carbocycles. The quantitative estimate of drug-likeness (QED) is 0.818. The fourth-order valence-corrected chi connectivity index (χ4v) is 2.90. The topological polar surface area (TPSA) is 12.0 Å². The van der Waals surface area contributed by atoms with Gasteiger partial charge in [-0.3, -0.25) is 0 Å². The summed E-state index contributed by atoms with van der Waals surface area (Å²) in [6, 6.07) is 5.35. The second-order valence-electron chi connectivity index (χ2n) is 4.39. The van der Waals surface area contributed by atoms with Gasteiger partial charge in [-0.15, -0.1) is 0 Å². The van der Waals surface area contributed by atoms with Crippen molar-refractivity contribution in [3.63, 3.8) is 0 Å². The third kappa shape index (κ3) is 2.78. The molecule has 1 atom stereocenters. The van der Waals surface area contributed by atoms with E-state index in [1.54, 1.807) is 6.07 Å². The van der Waals surface area contributed by atoms with Crippen LogP contribution in [0.5, 0.6) is 0 Å². The van der Waals surface area contributed by atoms with Crippen molar-refractivity contribution in [2.24, 2.45) is 0 Å². The molecule has 2 rings (SSSR count). The minimum Gasteiger partial charge on any atom is -0.310 e. The van der Waals surface area contributed by atoms with Crippen LogP contribution in [0.25, 0.3) is 0 Å². The molecule has 3 heteroatoms. The monoisotopic (exact) mass is 297 g/mol. The van der Waals surface area contributed by atoms with Gasteiger partial charge in [0, 0.05) is 0 Å². The molecular weight excluding hydrogens is 281 g/mol. The summed E-state index contributed by atoms with van der Waals surface area (Å²) in [5, 5.41) is 3.29. The number of hydrogen-bond acceptors (Lipinski definition) is 1. The molecule has 1 aromatic carbocycles. The summed E-state index contributed by atoms with van der Waals surface area (Å²) in [6.45, 7) is 0. The lowest BCUT2D eigenvalue weighted by molar-refractivity contribution is 0.578. The molecule has 0 heterocycles. The molecule has 0 radical (unpaired) electrons. The summed E-state index contributed by atoms with van der Waals surface area (Å²) >= 11 is 3.35. The molecule has 0 bridgehead atoms. The summed E-state index contributed by atoms with van der Waals surface area (Å²) in [6.07, 6.45) is 7.04. The molecule has 0 aromatic heterocycles. The van der Waals surface area contributed by atoms with Gasteiger partial charge < -0.3 is 5.32 Å². The van der Waals surface area contributed by atoms with Gasteiger partial charge in [0.1, 0.15) is 5.82 Å². The smallest absolute Gasteiger partial charge is 0.137 e. The number of allylic oxidation sites excluding steroid dienone is 1. The van der Waals surface area contributed by atoms with Crippen LogP contribution < -0.4 is 5.32 Å². The fourth-order valence-electron chi connectivity index (χ4n) is 2.41. The van der Waals surface area contributed by atoms with Crippen molar-refractivity contribution in [1.29, 1.82) is 0 Å². The number of benzene rings is 1. The van der Waals surface area contributed by atoms with Crippen LogP contribution in [0.15, 0.2) is 34.3 Å². The van der Waals surface area contributed by atoms with Gasteiger partial charge in [-0.2, -0.15) is 0 Å². The molecule has 1 N–H and O–H groups in total. The van der Waals surface area contributed by atoms with Gasteiger partial charge in [0.05, 0.1) is 10.5 Å².